The van der Waals surface area contributed by atoms with Gasteiger partial charge in [0.05, 0.1) is 12.7 Å². The molecule has 0 aromatic heterocycles. The van der Waals surface area contributed by atoms with Crippen molar-refractivity contribution in [1.82, 2.24) is 0 Å². The first-order valence-electron chi connectivity index (χ1n) is 4.55. The lowest BCUT2D eigenvalue weighted by Gasteiger charge is -2.31. The van der Waals surface area contributed by atoms with Gasteiger partial charge in [0.2, 0.25) is 0 Å². The molecular weight excluding hydrogens is 168 g/mol. The summed E-state index contributed by atoms with van der Waals surface area (Å²) in [6, 6.07) is 0. The summed E-state index contributed by atoms with van der Waals surface area (Å²) in [5.41, 5.74) is 0.446. The van der Waals surface area contributed by atoms with Crippen LogP contribution in [0.1, 0.15) is 20.3 Å². The zero-order valence-corrected chi connectivity index (χ0v) is 8.21. The van der Waals surface area contributed by atoms with E-state index in [0.29, 0.717) is 12.2 Å². The summed E-state index contributed by atoms with van der Waals surface area (Å²) in [6.07, 6.45) is 1.35. The molecule has 0 N–H and O–H groups in total. The molecule has 0 bridgehead atoms. The molecular formula is C10H16O3. The van der Waals surface area contributed by atoms with Crippen LogP contribution in [-0.2, 0) is 14.3 Å². The largest absolute Gasteiger partial charge is 0.462 e. The second-order valence-corrected chi connectivity index (χ2v) is 3.55. The molecule has 1 aliphatic heterocycles. The van der Waals surface area contributed by atoms with E-state index < -0.39 is 0 Å². The Hall–Kier alpha value is -0.830. The molecule has 1 fully saturated rings. The zero-order valence-electron chi connectivity index (χ0n) is 8.21. The van der Waals surface area contributed by atoms with Crippen LogP contribution < -0.4 is 0 Å². The normalized spacial score (nSPS) is 23.1. The smallest absolute Gasteiger partial charge is 0.333 e. The Balaban J connectivity index is 2.17. The highest BCUT2D eigenvalue weighted by atomic mass is 16.5. The first-order chi connectivity index (χ1) is 6.11. The van der Waals surface area contributed by atoms with Crippen molar-refractivity contribution < 1.29 is 14.3 Å². The molecule has 1 saturated heterocycles. The molecule has 2 atom stereocenters. The van der Waals surface area contributed by atoms with E-state index in [9.17, 15) is 4.79 Å². The van der Waals surface area contributed by atoms with E-state index >= 15 is 0 Å². The molecule has 74 valence electrons. The Bertz CT molecular complexity index is 206. The lowest BCUT2D eigenvalue weighted by molar-refractivity contribution is -0.145. The quantitative estimate of drug-likeness (QED) is 0.491. The fourth-order valence-electron chi connectivity index (χ4n) is 1.14. The molecule has 0 aliphatic carbocycles. The number of ether oxygens (including phenoxy) is 2. The third-order valence-electron chi connectivity index (χ3n) is 2.19. The van der Waals surface area contributed by atoms with Gasteiger partial charge in [0, 0.05) is 18.1 Å². The maximum Gasteiger partial charge on any atom is 0.333 e. The van der Waals surface area contributed by atoms with Gasteiger partial charge in [-0.25, -0.2) is 4.79 Å². The molecule has 1 heterocycles. The SMILES string of the molecule is C=C(C)C(=O)OCC(C)C1CCO1. The van der Waals surface area contributed by atoms with Gasteiger partial charge < -0.3 is 9.47 Å². The number of esters is 1. The van der Waals surface area contributed by atoms with Crippen molar-refractivity contribution in [3.05, 3.63) is 12.2 Å². The zero-order chi connectivity index (χ0) is 9.84. The lowest BCUT2D eigenvalue weighted by atomic mass is 10.00. The molecule has 0 aromatic rings. The summed E-state index contributed by atoms with van der Waals surface area (Å²) in [4.78, 5) is 11.0. The van der Waals surface area contributed by atoms with Crippen LogP contribution >= 0.6 is 0 Å². The Kier molecular flexibility index (Phi) is 3.48. The molecule has 3 heteroatoms. The van der Waals surface area contributed by atoms with Gasteiger partial charge in [0.25, 0.3) is 0 Å². The van der Waals surface area contributed by atoms with Crippen LogP contribution in [0.4, 0.5) is 0 Å². The third kappa shape index (κ3) is 2.84. The van der Waals surface area contributed by atoms with Gasteiger partial charge in [-0.05, 0) is 13.3 Å². The average Bonchev–Trinajstić information content (AvgIpc) is 1.96. The van der Waals surface area contributed by atoms with Crippen LogP contribution in [0.2, 0.25) is 0 Å². The molecule has 0 amide bonds. The van der Waals surface area contributed by atoms with Gasteiger partial charge in [-0.2, -0.15) is 0 Å². The fraction of sp³-hybridized carbons (Fsp3) is 0.700. The molecule has 2 unspecified atom stereocenters. The maximum atomic E-state index is 11.0. The minimum absolute atomic E-state index is 0.276. The average molecular weight is 184 g/mol. The van der Waals surface area contributed by atoms with Crippen molar-refractivity contribution in [3.8, 4) is 0 Å². The van der Waals surface area contributed by atoms with Crippen LogP contribution in [0, 0.1) is 5.92 Å². The highest BCUT2D eigenvalue weighted by Crippen LogP contribution is 2.20. The maximum absolute atomic E-state index is 11.0. The van der Waals surface area contributed by atoms with Crippen molar-refractivity contribution in [1.29, 1.82) is 0 Å². The summed E-state index contributed by atoms with van der Waals surface area (Å²) >= 11 is 0. The summed E-state index contributed by atoms with van der Waals surface area (Å²) in [5.74, 6) is -0.0248. The van der Waals surface area contributed by atoms with Crippen molar-refractivity contribution >= 4 is 5.97 Å². The molecule has 0 radical (unpaired) electrons. The minimum Gasteiger partial charge on any atom is -0.462 e. The molecule has 1 aliphatic rings. The summed E-state index contributed by atoms with van der Waals surface area (Å²) in [7, 11) is 0. The second kappa shape index (κ2) is 4.42. The number of rotatable bonds is 4. The summed E-state index contributed by atoms with van der Waals surface area (Å²) in [5, 5.41) is 0. The monoisotopic (exact) mass is 184 g/mol. The first kappa shape index (κ1) is 10.3. The van der Waals surface area contributed by atoms with Gasteiger partial charge in [-0.3, -0.25) is 0 Å². The van der Waals surface area contributed by atoms with E-state index in [4.69, 9.17) is 9.47 Å². The molecule has 13 heavy (non-hydrogen) atoms. The standard InChI is InChI=1S/C10H16O3/c1-7(2)10(11)13-6-8(3)9-4-5-12-9/h8-9H,1,4-6H2,2-3H3. The van der Waals surface area contributed by atoms with Crippen LogP contribution in [0.5, 0.6) is 0 Å². The van der Waals surface area contributed by atoms with Crippen molar-refractivity contribution in [2.24, 2.45) is 5.92 Å². The highest BCUT2D eigenvalue weighted by Gasteiger charge is 2.25. The molecule has 1 rings (SSSR count). The van der Waals surface area contributed by atoms with E-state index in [0.717, 1.165) is 13.0 Å². The van der Waals surface area contributed by atoms with Crippen molar-refractivity contribution in [2.45, 2.75) is 26.4 Å². The second-order valence-electron chi connectivity index (χ2n) is 3.55. The molecule has 0 spiro atoms. The van der Waals surface area contributed by atoms with Gasteiger partial charge >= 0.3 is 5.97 Å². The third-order valence-corrected chi connectivity index (χ3v) is 2.19. The number of hydrogen-bond donors (Lipinski definition) is 0. The Labute approximate surface area is 78.7 Å². The summed E-state index contributed by atoms with van der Waals surface area (Å²) < 4.78 is 10.3. The Morgan fingerprint density at radius 3 is 2.77 bits per heavy atom. The van der Waals surface area contributed by atoms with Crippen LogP contribution in [0.25, 0.3) is 0 Å². The van der Waals surface area contributed by atoms with Crippen LogP contribution in [0.3, 0.4) is 0 Å². The van der Waals surface area contributed by atoms with E-state index in [-0.39, 0.29) is 18.0 Å². The predicted octanol–water partition coefficient (Wildman–Crippen LogP) is 1.53. The van der Waals surface area contributed by atoms with E-state index in [1.807, 2.05) is 6.92 Å². The van der Waals surface area contributed by atoms with Crippen molar-refractivity contribution in [3.63, 3.8) is 0 Å². The molecule has 0 aromatic carbocycles. The summed E-state index contributed by atoms with van der Waals surface area (Å²) in [6.45, 7) is 8.44. The molecule has 3 nitrogen and oxygen atoms in total. The first-order valence-corrected chi connectivity index (χ1v) is 4.55. The van der Waals surface area contributed by atoms with E-state index in [1.165, 1.54) is 0 Å². The Morgan fingerprint density at radius 1 is 1.77 bits per heavy atom. The predicted molar refractivity (Wildman–Crippen MR) is 49.3 cm³/mol. The lowest BCUT2D eigenvalue weighted by Crippen LogP contribution is -2.35. The minimum atomic E-state index is -0.314. The number of carbonyl (C=O) groups is 1. The number of hydrogen-bond acceptors (Lipinski definition) is 3. The van der Waals surface area contributed by atoms with Crippen molar-refractivity contribution in [2.75, 3.05) is 13.2 Å². The van der Waals surface area contributed by atoms with Gasteiger partial charge in [-0.15, -0.1) is 0 Å². The van der Waals surface area contributed by atoms with E-state index in [1.54, 1.807) is 6.92 Å². The van der Waals surface area contributed by atoms with Gasteiger partial charge in [0.15, 0.2) is 0 Å². The number of carbonyl (C=O) groups excluding carboxylic acids is 1. The van der Waals surface area contributed by atoms with Crippen LogP contribution in [-0.4, -0.2) is 25.3 Å². The fourth-order valence-corrected chi connectivity index (χ4v) is 1.14. The highest BCUT2D eigenvalue weighted by molar-refractivity contribution is 5.86. The molecule has 0 saturated carbocycles. The van der Waals surface area contributed by atoms with E-state index in [2.05, 4.69) is 6.58 Å². The van der Waals surface area contributed by atoms with Crippen LogP contribution in [0.15, 0.2) is 12.2 Å². The Morgan fingerprint density at radius 2 is 2.38 bits per heavy atom. The van der Waals surface area contributed by atoms with Gasteiger partial charge in [0.1, 0.15) is 0 Å². The topological polar surface area (TPSA) is 35.5 Å². The van der Waals surface area contributed by atoms with Gasteiger partial charge in [-0.1, -0.05) is 13.5 Å².